The van der Waals surface area contributed by atoms with Crippen molar-refractivity contribution in [1.82, 2.24) is 10.6 Å². The molecule has 0 spiro atoms. The van der Waals surface area contributed by atoms with Crippen molar-refractivity contribution >= 4 is 11.8 Å². The minimum absolute atomic E-state index is 0.110. The van der Waals surface area contributed by atoms with E-state index in [0.29, 0.717) is 25.8 Å². The van der Waals surface area contributed by atoms with Crippen molar-refractivity contribution in [2.75, 3.05) is 6.54 Å². The van der Waals surface area contributed by atoms with Crippen molar-refractivity contribution in [2.45, 2.75) is 88.7 Å². The fourth-order valence-electron chi connectivity index (χ4n) is 5.15. The fraction of sp³-hybridized carbons (Fsp3) is 0.667. The average Bonchev–Trinajstić information content (AvgIpc) is 3.19. The molecule has 0 saturated heterocycles. The second kappa shape index (κ2) is 10.2. The molecule has 2 amide bonds. The minimum atomic E-state index is -0.553. The summed E-state index contributed by atoms with van der Waals surface area (Å²) in [6.45, 7) is 2.08. The first kappa shape index (κ1) is 21.8. The number of aliphatic hydroxyl groups is 1. The molecular formula is C24H36N2O3. The molecule has 3 atom stereocenters. The predicted molar refractivity (Wildman–Crippen MR) is 114 cm³/mol. The van der Waals surface area contributed by atoms with Crippen LogP contribution in [0.3, 0.4) is 0 Å². The number of amides is 2. The Balaban J connectivity index is 1.66. The normalized spacial score (nSPS) is 27.9. The molecule has 1 aromatic carbocycles. The zero-order valence-corrected chi connectivity index (χ0v) is 17.7. The van der Waals surface area contributed by atoms with E-state index in [9.17, 15) is 14.7 Å². The molecule has 0 radical (unpaired) electrons. The number of hydrogen-bond donors (Lipinski definition) is 3. The number of carbonyl (C=O) groups is 2. The van der Waals surface area contributed by atoms with E-state index in [4.69, 9.17) is 0 Å². The zero-order valence-electron chi connectivity index (χ0n) is 17.7. The van der Waals surface area contributed by atoms with Crippen LogP contribution in [0.4, 0.5) is 0 Å². The van der Waals surface area contributed by atoms with E-state index in [-0.39, 0.29) is 23.3 Å². The fourth-order valence-corrected chi connectivity index (χ4v) is 5.15. The van der Waals surface area contributed by atoms with Gasteiger partial charge in [0.15, 0.2) is 0 Å². The van der Waals surface area contributed by atoms with Crippen molar-refractivity contribution in [3.8, 4) is 0 Å². The maximum Gasteiger partial charge on any atom is 0.220 e. The van der Waals surface area contributed by atoms with Crippen LogP contribution in [0.1, 0.15) is 76.7 Å². The van der Waals surface area contributed by atoms with Gasteiger partial charge in [0, 0.05) is 25.3 Å². The van der Waals surface area contributed by atoms with Crippen LogP contribution < -0.4 is 10.6 Å². The van der Waals surface area contributed by atoms with Gasteiger partial charge in [-0.05, 0) is 43.6 Å². The first-order valence-corrected chi connectivity index (χ1v) is 11.3. The van der Waals surface area contributed by atoms with Crippen molar-refractivity contribution in [2.24, 2.45) is 5.92 Å². The van der Waals surface area contributed by atoms with Gasteiger partial charge in [0.2, 0.25) is 11.8 Å². The number of benzene rings is 1. The molecule has 3 N–H and O–H groups in total. The molecule has 2 aliphatic carbocycles. The highest BCUT2D eigenvalue weighted by atomic mass is 16.3. The van der Waals surface area contributed by atoms with Crippen LogP contribution >= 0.6 is 0 Å². The lowest BCUT2D eigenvalue weighted by Crippen LogP contribution is -2.42. The Bertz CT molecular complexity index is 672. The van der Waals surface area contributed by atoms with E-state index in [1.54, 1.807) is 0 Å². The Labute approximate surface area is 174 Å². The van der Waals surface area contributed by atoms with Gasteiger partial charge >= 0.3 is 0 Å². The zero-order chi connectivity index (χ0) is 20.7. The van der Waals surface area contributed by atoms with Gasteiger partial charge in [0.25, 0.3) is 0 Å². The standard InChI is InChI=1S/C24H36N2O3/c1-18(27)26-21-13-15-24(16-14-22(21)28,20-9-3-2-4-10-20)17-25-23(29)12-11-19-7-5-6-8-19/h2-4,9-10,19,21-22,28H,5-8,11-17H2,1H3,(H,25,29)(H,26,27)/t21-,22-,24-/m0/s1. The van der Waals surface area contributed by atoms with Gasteiger partial charge in [-0.2, -0.15) is 0 Å². The van der Waals surface area contributed by atoms with Crippen LogP contribution in [0, 0.1) is 5.92 Å². The Morgan fingerprint density at radius 2 is 1.76 bits per heavy atom. The third-order valence-electron chi connectivity index (χ3n) is 6.97. The number of nitrogens with one attached hydrogen (secondary N) is 2. The smallest absolute Gasteiger partial charge is 0.220 e. The third kappa shape index (κ3) is 6.05. The maximum absolute atomic E-state index is 12.6. The second-order valence-electron chi connectivity index (χ2n) is 9.06. The monoisotopic (exact) mass is 400 g/mol. The van der Waals surface area contributed by atoms with Crippen molar-refractivity contribution in [3.05, 3.63) is 35.9 Å². The summed E-state index contributed by atoms with van der Waals surface area (Å²) in [4.78, 5) is 24.1. The highest BCUT2D eigenvalue weighted by Crippen LogP contribution is 2.38. The summed E-state index contributed by atoms with van der Waals surface area (Å²) in [6, 6.07) is 10.1. The lowest BCUT2D eigenvalue weighted by Gasteiger charge is -2.34. The van der Waals surface area contributed by atoms with Crippen LogP contribution in [0.15, 0.2) is 30.3 Å². The molecule has 2 saturated carbocycles. The molecule has 5 nitrogen and oxygen atoms in total. The minimum Gasteiger partial charge on any atom is -0.391 e. The van der Waals surface area contributed by atoms with E-state index >= 15 is 0 Å². The van der Waals surface area contributed by atoms with Gasteiger partial charge in [-0.25, -0.2) is 0 Å². The summed E-state index contributed by atoms with van der Waals surface area (Å²) < 4.78 is 0. The quantitative estimate of drug-likeness (QED) is 0.614. The summed E-state index contributed by atoms with van der Waals surface area (Å²) in [5, 5.41) is 16.7. The first-order valence-electron chi connectivity index (χ1n) is 11.3. The maximum atomic E-state index is 12.6. The van der Waals surface area contributed by atoms with Gasteiger partial charge in [-0.1, -0.05) is 56.0 Å². The van der Waals surface area contributed by atoms with E-state index in [1.165, 1.54) is 38.2 Å². The predicted octanol–water partition coefficient (Wildman–Crippen LogP) is 3.45. The largest absolute Gasteiger partial charge is 0.391 e. The van der Waals surface area contributed by atoms with E-state index < -0.39 is 6.10 Å². The molecular weight excluding hydrogens is 364 g/mol. The van der Waals surface area contributed by atoms with Crippen LogP contribution in [-0.2, 0) is 15.0 Å². The molecule has 0 bridgehead atoms. The van der Waals surface area contributed by atoms with E-state index in [0.717, 1.165) is 25.2 Å². The molecule has 0 aliphatic heterocycles. The lowest BCUT2D eigenvalue weighted by molar-refractivity contribution is -0.122. The van der Waals surface area contributed by atoms with Crippen LogP contribution in [0.5, 0.6) is 0 Å². The van der Waals surface area contributed by atoms with Crippen LogP contribution in [0.25, 0.3) is 0 Å². The van der Waals surface area contributed by atoms with E-state index in [2.05, 4.69) is 22.8 Å². The molecule has 0 aromatic heterocycles. The molecule has 5 heteroatoms. The number of carbonyl (C=O) groups excluding carboxylic acids is 2. The molecule has 160 valence electrons. The molecule has 1 aromatic rings. The van der Waals surface area contributed by atoms with Crippen molar-refractivity contribution < 1.29 is 14.7 Å². The van der Waals surface area contributed by atoms with E-state index in [1.807, 2.05) is 18.2 Å². The summed E-state index contributed by atoms with van der Waals surface area (Å²) in [7, 11) is 0. The molecule has 0 unspecified atom stereocenters. The molecule has 2 aliphatic rings. The second-order valence-corrected chi connectivity index (χ2v) is 9.06. The Kier molecular flexibility index (Phi) is 7.70. The summed E-state index contributed by atoms with van der Waals surface area (Å²) in [5.74, 6) is 0.743. The van der Waals surface area contributed by atoms with Crippen molar-refractivity contribution in [1.29, 1.82) is 0 Å². The molecule has 2 fully saturated rings. The summed E-state index contributed by atoms with van der Waals surface area (Å²) in [6.07, 6.45) is 9.11. The molecule has 0 heterocycles. The number of hydrogen-bond acceptors (Lipinski definition) is 3. The Hall–Kier alpha value is -1.88. The third-order valence-corrected chi connectivity index (χ3v) is 6.97. The lowest BCUT2D eigenvalue weighted by atomic mass is 9.74. The molecule has 29 heavy (non-hydrogen) atoms. The summed E-state index contributed by atoms with van der Waals surface area (Å²) >= 11 is 0. The highest BCUT2D eigenvalue weighted by molar-refractivity contribution is 5.76. The average molecular weight is 401 g/mol. The van der Waals surface area contributed by atoms with Gasteiger partial charge in [-0.15, -0.1) is 0 Å². The van der Waals surface area contributed by atoms with Gasteiger partial charge in [-0.3, -0.25) is 9.59 Å². The number of rotatable bonds is 7. The van der Waals surface area contributed by atoms with Crippen molar-refractivity contribution in [3.63, 3.8) is 0 Å². The van der Waals surface area contributed by atoms with Crippen LogP contribution in [0.2, 0.25) is 0 Å². The van der Waals surface area contributed by atoms with Gasteiger partial charge in [0.05, 0.1) is 12.1 Å². The highest BCUT2D eigenvalue weighted by Gasteiger charge is 2.38. The van der Waals surface area contributed by atoms with Gasteiger partial charge < -0.3 is 15.7 Å². The Morgan fingerprint density at radius 1 is 1.07 bits per heavy atom. The molecule has 3 rings (SSSR count). The first-order chi connectivity index (χ1) is 14.0. The topological polar surface area (TPSA) is 78.4 Å². The Morgan fingerprint density at radius 3 is 2.45 bits per heavy atom. The summed E-state index contributed by atoms with van der Waals surface area (Å²) in [5.41, 5.74) is 0.991. The van der Waals surface area contributed by atoms with Crippen LogP contribution in [-0.4, -0.2) is 35.6 Å². The number of aliphatic hydroxyl groups excluding tert-OH is 1. The van der Waals surface area contributed by atoms with Gasteiger partial charge in [0.1, 0.15) is 0 Å². The SMILES string of the molecule is CC(=O)N[C@H]1CC[C@](CNC(=O)CCC2CCCC2)(c2ccccc2)CC[C@@H]1O.